The predicted octanol–water partition coefficient (Wildman–Crippen LogP) is 4.53. The van der Waals surface area contributed by atoms with Crippen molar-refractivity contribution in [3.8, 4) is 22.7 Å². The summed E-state index contributed by atoms with van der Waals surface area (Å²) >= 11 is 0. The van der Waals surface area contributed by atoms with Gasteiger partial charge in [-0.05, 0) is 42.3 Å². The van der Waals surface area contributed by atoms with E-state index < -0.39 is 0 Å². The molecule has 0 amide bonds. The van der Waals surface area contributed by atoms with Crippen molar-refractivity contribution < 1.29 is 4.74 Å². The molecule has 0 aliphatic carbocycles. The van der Waals surface area contributed by atoms with Gasteiger partial charge in [0.2, 0.25) is 0 Å². The number of fused-ring (bicyclic) bond motifs is 5. The van der Waals surface area contributed by atoms with Crippen LogP contribution in [0.3, 0.4) is 0 Å². The fraction of sp³-hybridized carbons (Fsp3) is 0.172. The summed E-state index contributed by atoms with van der Waals surface area (Å²) in [6.07, 6.45) is 0. The summed E-state index contributed by atoms with van der Waals surface area (Å²) in [6.45, 7) is 2.04. The van der Waals surface area contributed by atoms with E-state index in [4.69, 9.17) is 4.74 Å². The van der Waals surface area contributed by atoms with E-state index in [0.29, 0.717) is 10.9 Å². The predicted molar refractivity (Wildman–Crippen MR) is 142 cm³/mol. The summed E-state index contributed by atoms with van der Waals surface area (Å²) < 4.78 is 10.3. The van der Waals surface area contributed by atoms with Gasteiger partial charge in [-0.3, -0.25) is 13.9 Å². The molecule has 7 nitrogen and oxygen atoms in total. The van der Waals surface area contributed by atoms with Crippen LogP contribution in [0.15, 0.2) is 82.4 Å². The van der Waals surface area contributed by atoms with Crippen LogP contribution in [0.4, 0.5) is 5.69 Å². The van der Waals surface area contributed by atoms with Crippen molar-refractivity contribution in [2.45, 2.75) is 13.0 Å². The van der Waals surface area contributed by atoms with Gasteiger partial charge in [-0.15, -0.1) is 0 Å². The Labute approximate surface area is 207 Å². The highest BCUT2D eigenvalue weighted by Gasteiger charge is 2.35. The maximum absolute atomic E-state index is 13.8. The second-order valence-electron chi connectivity index (χ2n) is 9.18. The van der Waals surface area contributed by atoms with Gasteiger partial charge >= 0.3 is 5.69 Å². The first-order chi connectivity index (χ1) is 17.4. The lowest BCUT2D eigenvalue weighted by Crippen LogP contribution is -2.37. The van der Waals surface area contributed by atoms with Gasteiger partial charge in [0.05, 0.1) is 46.8 Å². The van der Waals surface area contributed by atoms with E-state index in [1.54, 1.807) is 18.7 Å². The lowest BCUT2D eigenvalue weighted by molar-refractivity contribution is 0.414. The molecule has 6 rings (SSSR count). The third-order valence-corrected chi connectivity index (χ3v) is 7.18. The number of anilines is 1. The highest BCUT2D eigenvalue weighted by molar-refractivity contribution is 5.99. The third-order valence-electron chi connectivity index (χ3n) is 7.18. The summed E-state index contributed by atoms with van der Waals surface area (Å²) in [7, 11) is 4.91. The number of hydrogen-bond donors (Lipinski definition) is 1. The lowest BCUT2D eigenvalue weighted by atomic mass is 9.99. The molecule has 0 radical (unpaired) electrons. The Morgan fingerprint density at radius 3 is 2.28 bits per heavy atom. The smallest absolute Gasteiger partial charge is 0.331 e. The summed E-state index contributed by atoms with van der Waals surface area (Å²) in [5.41, 5.74) is 6.49. The Hall–Kier alpha value is -4.52. The van der Waals surface area contributed by atoms with Crippen LogP contribution in [0, 0.1) is 6.92 Å². The van der Waals surface area contributed by atoms with E-state index in [1.165, 1.54) is 11.6 Å². The number of ether oxygens (including phenoxy) is 1. The van der Waals surface area contributed by atoms with Crippen molar-refractivity contribution in [1.82, 2.24) is 13.7 Å². The van der Waals surface area contributed by atoms with E-state index in [1.807, 2.05) is 79.7 Å². The van der Waals surface area contributed by atoms with Crippen molar-refractivity contribution in [2.24, 2.45) is 14.1 Å². The minimum atomic E-state index is -0.357. The molecular formula is C29H26N4O3. The van der Waals surface area contributed by atoms with Gasteiger partial charge in [0.1, 0.15) is 5.75 Å². The van der Waals surface area contributed by atoms with E-state index in [2.05, 4.69) is 9.88 Å². The molecule has 1 aliphatic heterocycles. The number of aryl methyl sites for hydroxylation is 2. The second kappa shape index (κ2) is 8.02. The number of nitrogens with one attached hydrogen (secondary N) is 1. The number of nitrogens with zero attached hydrogens (tertiary/aromatic N) is 3. The molecule has 5 aromatic rings. The van der Waals surface area contributed by atoms with Crippen LogP contribution in [-0.2, 0) is 14.1 Å². The minimum absolute atomic E-state index is 0.302. The van der Waals surface area contributed by atoms with Crippen molar-refractivity contribution >= 4 is 16.6 Å². The molecule has 2 aromatic heterocycles. The number of rotatable bonds is 3. The molecule has 0 saturated heterocycles. The SMILES string of the molecule is COc1ccc(C2Nc3ccccc3-n3c(-c4ccccc4C)c4c(=O)n(C)c(=O)n(C)c4c32)cc1. The van der Waals surface area contributed by atoms with E-state index in [0.717, 1.165) is 45.2 Å². The Kier molecular flexibility index (Phi) is 4.89. The first-order valence-electron chi connectivity index (χ1n) is 11.8. The number of methoxy groups -OCH3 is 1. The van der Waals surface area contributed by atoms with Gasteiger partial charge in [-0.2, -0.15) is 0 Å². The van der Waals surface area contributed by atoms with Gasteiger partial charge in [0.15, 0.2) is 0 Å². The highest BCUT2D eigenvalue weighted by Crippen LogP contribution is 2.45. The van der Waals surface area contributed by atoms with Crippen molar-refractivity contribution in [3.63, 3.8) is 0 Å². The van der Waals surface area contributed by atoms with Gasteiger partial charge in [0, 0.05) is 19.7 Å². The molecule has 1 aliphatic rings. The van der Waals surface area contributed by atoms with Gasteiger partial charge in [-0.1, -0.05) is 48.5 Å². The van der Waals surface area contributed by atoms with Crippen LogP contribution in [0.1, 0.15) is 22.9 Å². The topological polar surface area (TPSA) is 70.2 Å². The molecule has 3 aromatic carbocycles. The molecule has 0 spiro atoms. The van der Waals surface area contributed by atoms with Crippen LogP contribution >= 0.6 is 0 Å². The van der Waals surface area contributed by atoms with Crippen LogP contribution in [0.25, 0.3) is 27.8 Å². The zero-order valence-corrected chi connectivity index (χ0v) is 20.6. The summed E-state index contributed by atoms with van der Waals surface area (Å²) in [4.78, 5) is 26.9. The second-order valence-corrected chi connectivity index (χ2v) is 9.18. The molecule has 0 saturated carbocycles. The number of para-hydroxylation sites is 2. The molecule has 1 atom stereocenters. The van der Waals surface area contributed by atoms with Gasteiger partial charge in [0.25, 0.3) is 5.56 Å². The molecule has 36 heavy (non-hydrogen) atoms. The maximum atomic E-state index is 13.8. The zero-order chi connectivity index (χ0) is 25.1. The summed E-state index contributed by atoms with van der Waals surface area (Å²) in [6, 6.07) is 23.7. The van der Waals surface area contributed by atoms with Crippen LogP contribution < -0.4 is 21.3 Å². The molecule has 1 N–H and O–H groups in total. The average molecular weight is 479 g/mol. The summed E-state index contributed by atoms with van der Waals surface area (Å²) in [5.74, 6) is 0.761. The molecule has 0 fully saturated rings. The first kappa shape index (κ1) is 22.0. The van der Waals surface area contributed by atoms with Crippen molar-refractivity contribution in [2.75, 3.05) is 12.4 Å². The van der Waals surface area contributed by atoms with Crippen molar-refractivity contribution in [3.05, 3.63) is 110 Å². The van der Waals surface area contributed by atoms with Gasteiger partial charge < -0.3 is 14.6 Å². The zero-order valence-electron chi connectivity index (χ0n) is 20.6. The number of aromatic nitrogens is 3. The first-order valence-corrected chi connectivity index (χ1v) is 11.8. The molecule has 1 unspecified atom stereocenters. The molecule has 3 heterocycles. The Morgan fingerprint density at radius 1 is 0.861 bits per heavy atom. The van der Waals surface area contributed by atoms with Crippen LogP contribution in [0.5, 0.6) is 5.75 Å². The fourth-order valence-corrected chi connectivity index (χ4v) is 5.36. The van der Waals surface area contributed by atoms with E-state index in [9.17, 15) is 9.59 Å². The summed E-state index contributed by atoms with van der Waals surface area (Å²) in [5, 5.41) is 4.20. The minimum Gasteiger partial charge on any atom is -0.497 e. The molecular weight excluding hydrogens is 452 g/mol. The average Bonchev–Trinajstić information content (AvgIpc) is 3.27. The van der Waals surface area contributed by atoms with Crippen LogP contribution in [-0.4, -0.2) is 20.8 Å². The van der Waals surface area contributed by atoms with E-state index in [-0.39, 0.29) is 17.3 Å². The normalized spacial score (nSPS) is 14.3. The largest absolute Gasteiger partial charge is 0.497 e. The number of benzene rings is 3. The standard InChI is InChI=1S/C29H26N4O3/c1-17-9-5-6-10-20(17)25-23-26(31(2)29(35)32(3)28(23)34)27-24(18-13-15-19(36-4)16-14-18)30-21-11-7-8-12-22(21)33(25)27/h5-16,24,30H,1-4H3. The monoisotopic (exact) mass is 478 g/mol. The Balaban J connectivity index is 1.84. The lowest BCUT2D eigenvalue weighted by Gasteiger charge is -2.31. The van der Waals surface area contributed by atoms with Crippen LogP contribution in [0.2, 0.25) is 0 Å². The molecule has 180 valence electrons. The molecule has 7 heteroatoms. The third kappa shape index (κ3) is 2.99. The Morgan fingerprint density at radius 2 is 1.56 bits per heavy atom. The quantitative estimate of drug-likeness (QED) is 0.414. The maximum Gasteiger partial charge on any atom is 0.331 e. The fourth-order valence-electron chi connectivity index (χ4n) is 5.36. The molecule has 0 bridgehead atoms. The number of hydrogen-bond acceptors (Lipinski definition) is 4. The van der Waals surface area contributed by atoms with E-state index >= 15 is 0 Å². The van der Waals surface area contributed by atoms with Crippen molar-refractivity contribution in [1.29, 1.82) is 0 Å². The Bertz CT molecular complexity index is 1770. The van der Waals surface area contributed by atoms with Gasteiger partial charge in [-0.25, -0.2) is 4.79 Å². The highest BCUT2D eigenvalue weighted by atomic mass is 16.5.